The van der Waals surface area contributed by atoms with Crippen molar-refractivity contribution < 1.29 is 61.2 Å². The molecule has 0 bridgehead atoms. The molecule has 0 saturated carbocycles. The Kier molecular flexibility index (Phi) is 49.3. The minimum Gasteiger partial charge on any atom is -0.488 e. The molecule has 6 N–H and O–H groups in total. The van der Waals surface area contributed by atoms with Crippen LogP contribution in [0.15, 0.2) is 219 Å². The number of aryl methyl sites for hydroxylation is 13. The Hall–Kier alpha value is -8.11. The summed E-state index contributed by atoms with van der Waals surface area (Å²) in [5, 5.41) is 20.5. The highest BCUT2D eigenvalue weighted by Crippen LogP contribution is 2.39. The standard InChI is InChI=1S/C18H20BrNO2S.C17H17Br2NO2S.C17H17BrClNO2S.C17H17BrFNO2S.C17H17BrINO2S.C17H18BrNO2S/c1-11-6-5-7-16(20-18(23)21-4)14(11)10-22-17-9-13(3)12(2)8-15(17)19;1-10-7-14(19)16(8-11(10)2)22-9-12-13(18)5-4-6-15(12)20-17(23)21-3;3*1-10-7-13(18)16(8-11(10)2)22-9-12-14(19)5-4-6-15(12)20-17(23)21-3;1-11-8-14(18)16(9-12(11)2)21-10-13-6-4-5-7-15(13)19-17(22)20-3/h5-9H,10H2,1-4H3,(H,20,23);4*4-8H,9H2,1-3H3,(H,20,23);4-9H,10H2,1-3H3,(H,19,22). The molecule has 12 aromatic rings. The van der Waals surface area contributed by atoms with Crippen LogP contribution in [0, 0.1) is 99.4 Å². The summed E-state index contributed by atoms with van der Waals surface area (Å²) >= 11 is 63.7. The van der Waals surface area contributed by atoms with E-state index >= 15 is 0 Å². The lowest BCUT2D eigenvalue weighted by Crippen LogP contribution is -2.14. The minimum atomic E-state index is -0.367. The molecule has 0 amide bonds. The Balaban J connectivity index is 0.000000224. The molecule has 12 rings (SSSR count). The zero-order chi connectivity index (χ0) is 101. The first-order valence-electron chi connectivity index (χ1n) is 41.8. The highest BCUT2D eigenvalue weighted by atomic mass is 127. The fraction of sp³-hybridized carbons (Fsp3) is 0.243. The molecular formula is C103H106Br7ClFIN6O12S6. The summed E-state index contributed by atoms with van der Waals surface area (Å²) in [6.45, 7) is 28.9. The van der Waals surface area contributed by atoms with Crippen LogP contribution in [0.5, 0.6) is 34.5 Å². The van der Waals surface area contributed by atoms with Crippen LogP contribution in [0.1, 0.15) is 106 Å². The number of ether oxygens (including phenoxy) is 12. The quantitative estimate of drug-likeness (QED) is 0.0248. The maximum atomic E-state index is 14.1. The molecule has 0 aliphatic heterocycles. The number of halogens is 10. The Morgan fingerprint density at radius 3 is 0.861 bits per heavy atom. The van der Waals surface area contributed by atoms with Crippen molar-refractivity contribution in [3.05, 3.63) is 339 Å². The lowest BCUT2D eigenvalue weighted by molar-refractivity contribution is 0.298. The van der Waals surface area contributed by atoms with Crippen LogP contribution in [0.3, 0.4) is 0 Å². The molecule has 0 spiro atoms. The van der Waals surface area contributed by atoms with Crippen LogP contribution in [0.25, 0.3) is 0 Å². The van der Waals surface area contributed by atoms with E-state index in [4.69, 9.17) is 142 Å². The summed E-state index contributed by atoms with van der Waals surface area (Å²) < 4.78 is 87.4. The maximum Gasteiger partial charge on any atom is 0.260 e. The van der Waals surface area contributed by atoms with Crippen molar-refractivity contribution in [2.75, 3.05) is 74.6 Å². The van der Waals surface area contributed by atoms with Gasteiger partial charge in [-0.05, 0) is 487 Å². The van der Waals surface area contributed by atoms with Gasteiger partial charge in [0.2, 0.25) is 0 Å². The number of nitrogens with one attached hydrogen (secondary N) is 6. The zero-order valence-electron chi connectivity index (χ0n) is 78.8. The van der Waals surface area contributed by atoms with Gasteiger partial charge in [0.15, 0.2) is 0 Å². The molecule has 12 aromatic carbocycles. The van der Waals surface area contributed by atoms with E-state index in [9.17, 15) is 4.39 Å². The van der Waals surface area contributed by atoms with Crippen LogP contribution in [-0.4, -0.2) is 73.7 Å². The van der Waals surface area contributed by atoms with E-state index in [1.54, 1.807) is 33.5 Å². The van der Waals surface area contributed by atoms with E-state index in [1.807, 2.05) is 160 Å². The highest BCUT2D eigenvalue weighted by molar-refractivity contribution is 14.1. The lowest BCUT2D eigenvalue weighted by Gasteiger charge is -2.16. The van der Waals surface area contributed by atoms with Gasteiger partial charge in [0.05, 0.1) is 75.2 Å². The van der Waals surface area contributed by atoms with Crippen LogP contribution in [0.2, 0.25) is 5.02 Å². The van der Waals surface area contributed by atoms with E-state index in [0.29, 0.717) is 75.8 Å². The molecule has 0 fully saturated rings. The second-order valence-electron chi connectivity index (χ2n) is 30.5. The van der Waals surface area contributed by atoms with Gasteiger partial charge < -0.3 is 88.7 Å². The van der Waals surface area contributed by atoms with Crippen molar-refractivity contribution in [2.45, 2.75) is 130 Å². The highest BCUT2D eigenvalue weighted by Gasteiger charge is 2.20. The SMILES string of the molecule is COC(=S)Nc1cccc(Br)c1COc1cc(C)c(C)cc1Br.COC(=S)Nc1cccc(C)c1COc1cc(C)c(C)cc1Br.COC(=S)Nc1cccc(Cl)c1COc1cc(C)c(C)cc1Br.COC(=S)Nc1cccc(F)c1COc1cc(C)c(C)cc1Br.COC(=S)Nc1cccc(I)c1COc1cc(C)c(C)cc1Br.COC(=S)Nc1ccccc1COc1cc(C)c(C)cc1Br. The molecule has 0 aromatic heterocycles. The normalized spacial score (nSPS) is 10.3. The molecule has 0 radical (unpaired) electrons. The largest absolute Gasteiger partial charge is 0.488 e. The van der Waals surface area contributed by atoms with Gasteiger partial charge in [-0.15, -0.1) is 0 Å². The first kappa shape index (κ1) is 116. The Morgan fingerprint density at radius 1 is 0.263 bits per heavy atom. The number of benzene rings is 12. The third kappa shape index (κ3) is 36.7. The number of methoxy groups -OCH3 is 6. The molecule has 137 heavy (non-hydrogen) atoms. The fourth-order valence-corrected chi connectivity index (χ4v) is 17.6. The van der Waals surface area contributed by atoms with E-state index in [2.05, 4.69) is 266 Å². The molecule has 0 heterocycles. The van der Waals surface area contributed by atoms with Gasteiger partial charge in [0.1, 0.15) is 80.0 Å². The lowest BCUT2D eigenvalue weighted by atomic mass is 10.1. The first-order valence-corrected chi connectivity index (χ1v) is 51.3. The average molecular weight is 2550 g/mol. The van der Waals surface area contributed by atoms with E-state index in [0.717, 1.165) is 137 Å². The molecule has 0 atom stereocenters. The summed E-state index contributed by atoms with van der Waals surface area (Å²) in [7, 11) is 9.15. The van der Waals surface area contributed by atoms with Gasteiger partial charge in [0.25, 0.3) is 31.0 Å². The topological polar surface area (TPSA) is 183 Å². The second kappa shape index (κ2) is 58.3. The minimum absolute atomic E-state index is 0.0719. The van der Waals surface area contributed by atoms with Crippen molar-refractivity contribution in [2.24, 2.45) is 0 Å². The second-order valence-corrected chi connectivity index (χ2v) is 40.2. The maximum absolute atomic E-state index is 14.1. The third-order valence-electron chi connectivity index (χ3n) is 21.0. The van der Waals surface area contributed by atoms with Crippen LogP contribution < -0.4 is 60.3 Å². The van der Waals surface area contributed by atoms with Gasteiger partial charge >= 0.3 is 0 Å². The number of thiocarbonyl (C=S) groups is 6. The van der Waals surface area contributed by atoms with Gasteiger partial charge in [0, 0.05) is 74.9 Å². The predicted molar refractivity (Wildman–Crippen MR) is 616 cm³/mol. The summed E-state index contributed by atoms with van der Waals surface area (Å²) in [6.07, 6.45) is 0. The van der Waals surface area contributed by atoms with Crippen LogP contribution in [-0.2, 0) is 68.1 Å². The number of rotatable bonds is 24. The smallest absolute Gasteiger partial charge is 0.260 e. The van der Waals surface area contributed by atoms with Gasteiger partial charge in [-0.3, -0.25) is 0 Å². The van der Waals surface area contributed by atoms with Crippen molar-refractivity contribution in [3.63, 3.8) is 0 Å². The van der Waals surface area contributed by atoms with Crippen molar-refractivity contribution in [1.29, 1.82) is 0 Å². The van der Waals surface area contributed by atoms with Crippen molar-refractivity contribution in [3.8, 4) is 34.5 Å². The summed E-state index contributed by atoms with van der Waals surface area (Å²) in [5.74, 6) is 4.36. The van der Waals surface area contributed by atoms with Gasteiger partial charge in [-0.1, -0.05) is 82.1 Å². The predicted octanol–water partition coefficient (Wildman–Crippen LogP) is 32.4. The van der Waals surface area contributed by atoms with Gasteiger partial charge in [-0.25, -0.2) is 4.39 Å². The Morgan fingerprint density at radius 2 is 0.504 bits per heavy atom. The molecule has 18 nitrogen and oxygen atoms in total. The number of para-hydroxylation sites is 1. The zero-order valence-corrected chi connectivity index (χ0v) is 97.7. The third-order valence-corrected chi connectivity index (χ3v) is 28.4. The number of anilines is 6. The van der Waals surface area contributed by atoms with Crippen LogP contribution in [0.4, 0.5) is 38.5 Å². The number of hydrogen-bond donors (Lipinski definition) is 6. The molecule has 0 saturated heterocycles. The van der Waals surface area contributed by atoms with Crippen LogP contribution >= 0.6 is 219 Å². The Labute approximate surface area is 913 Å². The summed E-state index contributed by atoms with van der Waals surface area (Å²) in [6, 6.07) is 60.3. The molecular weight excluding hydrogens is 2450 g/mol. The molecule has 0 aliphatic carbocycles. The number of hydrogen-bond acceptors (Lipinski definition) is 18. The van der Waals surface area contributed by atoms with Crippen molar-refractivity contribution >= 4 is 284 Å². The fourth-order valence-electron chi connectivity index (χ4n) is 12.1. The van der Waals surface area contributed by atoms with Crippen molar-refractivity contribution in [1.82, 2.24) is 0 Å². The Bertz CT molecular complexity index is 5570. The van der Waals surface area contributed by atoms with E-state index < -0.39 is 0 Å². The van der Waals surface area contributed by atoms with E-state index in [1.165, 1.54) is 83.0 Å². The molecule has 0 aliphatic rings. The molecule has 0 unspecified atom stereocenters. The average Bonchev–Trinajstić information content (AvgIpc) is 0.837. The monoisotopic (exact) mass is 2540 g/mol. The molecule has 34 heteroatoms. The molecule has 726 valence electrons. The summed E-state index contributed by atoms with van der Waals surface area (Å²) in [5.41, 5.74) is 25.6. The van der Waals surface area contributed by atoms with Gasteiger partial charge in [-0.2, -0.15) is 0 Å². The summed E-state index contributed by atoms with van der Waals surface area (Å²) in [4.78, 5) is 0. The van der Waals surface area contributed by atoms with E-state index in [-0.39, 0.29) is 22.8 Å². The first-order chi connectivity index (χ1) is 65.1.